The second-order valence-corrected chi connectivity index (χ2v) is 1.22. The molecule has 0 aromatic heterocycles. The van der Waals surface area contributed by atoms with Crippen LogP contribution >= 0.6 is 12.2 Å². The van der Waals surface area contributed by atoms with Gasteiger partial charge in [-0.25, -0.2) is 0 Å². The maximum Gasteiger partial charge on any atom is 0.183 e. The van der Waals surface area contributed by atoms with Gasteiger partial charge in [0.2, 0.25) is 0 Å². The maximum atomic E-state index is 7.88. The fraction of sp³-hybridized carbons (Fsp3) is 0.333. The van der Waals surface area contributed by atoms with Crippen molar-refractivity contribution in [1.82, 2.24) is 10.6 Å². The van der Waals surface area contributed by atoms with E-state index in [4.69, 9.17) is 5.26 Å². The summed E-state index contributed by atoms with van der Waals surface area (Å²) < 4.78 is 0. The normalized spacial score (nSPS) is 5.50. The molecule has 5 heteroatoms. The van der Waals surface area contributed by atoms with E-state index >= 15 is 0 Å². The summed E-state index contributed by atoms with van der Waals surface area (Å²) in [6, 6.07) is 0. The van der Waals surface area contributed by atoms with Gasteiger partial charge in [-0.05, 0) is 12.2 Å². The van der Waals surface area contributed by atoms with E-state index in [2.05, 4.69) is 22.9 Å². The summed E-state index contributed by atoms with van der Waals surface area (Å²) in [6.07, 6.45) is 1.66. The van der Waals surface area contributed by atoms with Crippen molar-refractivity contribution in [2.24, 2.45) is 0 Å². The molecule has 0 aliphatic heterocycles. The van der Waals surface area contributed by atoms with E-state index in [0.29, 0.717) is 5.11 Å². The minimum atomic E-state index is 0. The van der Waals surface area contributed by atoms with E-state index in [1.807, 2.05) is 0 Å². The molecule has 0 heterocycles. The standard InChI is InChI=1S/C3H5N3S.Na/c1-5-3(7)6-2-4;/h1H3,(H2,5,6,7);. The summed E-state index contributed by atoms with van der Waals surface area (Å²) in [5.74, 6) is 0. The molecule has 0 spiro atoms. The summed E-state index contributed by atoms with van der Waals surface area (Å²) >= 11 is 4.51. The number of hydrogen-bond acceptors (Lipinski definition) is 2. The van der Waals surface area contributed by atoms with Crippen molar-refractivity contribution in [2.45, 2.75) is 0 Å². The van der Waals surface area contributed by atoms with Crippen LogP contribution in [-0.4, -0.2) is 41.7 Å². The van der Waals surface area contributed by atoms with Crippen molar-refractivity contribution in [2.75, 3.05) is 7.05 Å². The van der Waals surface area contributed by atoms with Gasteiger partial charge in [0.05, 0.1) is 0 Å². The van der Waals surface area contributed by atoms with Crippen molar-refractivity contribution in [3.63, 3.8) is 0 Å². The molecule has 3 nitrogen and oxygen atoms in total. The van der Waals surface area contributed by atoms with Crippen LogP contribution in [0.25, 0.3) is 0 Å². The van der Waals surface area contributed by atoms with E-state index in [1.165, 1.54) is 0 Å². The van der Waals surface area contributed by atoms with Crippen LogP contribution in [0.2, 0.25) is 0 Å². The Morgan fingerprint density at radius 3 is 2.38 bits per heavy atom. The van der Waals surface area contributed by atoms with Crippen LogP contribution in [0.4, 0.5) is 0 Å². The molecule has 1 radical (unpaired) electrons. The van der Waals surface area contributed by atoms with E-state index < -0.39 is 0 Å². The first-order valence-corrected chi connectivity index (χ1v) is 2.09. The summed E-state index contributed by atoms with van der Waals surface area (Å²) in [5, 5.41) is 13.0. The van der Waals surface area contributed by atoms with Crippen molar-refractivity contribution in [3.05, 3.63) is 0 Å². The van der Waals surface area contributed by atoms with Crippen LogP contribution in [-0.2, 0) is 0 Å². The predicted molar refractivity (Wildman–Crippen MR) is 36.2 cm³/mol. The largest absolute Gasteiger partial charge is 0.365 e. The molecule has 0 amide bonds. The van der Waals surface area contributed by atoms with Gasteiger partial charge in [0.25, 0.3) is 0 Å². The molecule has 0 bridgehead atoms. The van der Waals surface area contributed by atoms with Crippen molar-refractivity contribution < 1.29 is 0 Å². The Balaban J connectivity index is 0. The van der Waals surface area contributed by atoms with Gasteiger partial charge < -0.3 is 5.32 Å². The zero-order chi connectivity index (χ0) is 5.70. The first-order chi connectivity index (χ1) is 3.31. The molecule has 0 aliphatic carbocycles. The number of hydrogen-bond donors (Lipinski definition) is 2. The molecule has 8 heavy (non-hydrogen) atoms. The Kier molecular flexibility index (Phi) is 9.91. The summed E-state index contributed by atoms with van der Waals surface area (Å²) in [6.45, 7) is 0. The molecule has 0 saturated heterocycles. The monoisotopic (exact) mass is 138 g/mol. The fourth-order valence-corrected chi connectivity index (χ4v) is 0.159. The average Bonchev–Trinajstić information content (AvgIpc) is 1.68. The summed E-state index contributed by atoms with van der Waals surface area (Å²) in [7, 11) is 1.65. The number of nitrogens with one attached hydrogen (secondary N) is 2. The van der Waals surface area contributed by atoms with Crippen LogP contribution in [0.1, 0.15) is 0 Å². The van der Waals surface area contributed by atoms with Crippen LogP contribution in [0.15, 0.2) is 0 Å². The molecule has 0 aliphatic rings. The van der Waals surface area contributed by atoms with Crippen molar-refractivity contribution >= 4 is 46.9 Å². The number of rotatable bonds is 0. The third kappa shape index (κ3) is 6.18. The first kappa shape index (κ1) is 11.0. The van der Waals surface area contributed by atoms with Gasteiger partial charge >= 0.3 is 0 Å². The number of nitrogens with zero attached hydrogens (tertiary/aromatic N) is 1. The van der Waals surface area contributed by atoms with E-state index in [0.717, 1.165) is 0 Å². The maximum absolute atomic E-state index is 7.88. The Morgan fingerprint density at radius 1 is 1.75 bits per heavy atom. The fourth-order valence-electron chi connectivity index (χ4n) is 0.113. The third-order valence-corrected chi connectivity index (χ3v) is 0.703. The van der Waals surface area contributed by atoms with E-state index in [-0.39, 0.29) is 29.6 Å². The third-order valence-electron chi connectivity index (χ3n) is 0.396. The molecule has 0 fully saturated rings. The van der Waals surface area contributed by atoms with Crippen LogP contribution in [0, 0.1) is 11.5 Å². The smallest absolute Gasteiger partial charge is 0.183 e. The predicted octanol–water partition coefficient (Wildman–Crippen LogP) is -0.819. The molecule has 0 saturated carbocycles. The quantitative estimate of drug-likeness (QED) is 0.199. The van der Waals surface area contributed by atoms with Crippen LogP contribution in [0.5, 0.6) is 0 Å². The van der Waals surface area contributed by atoms with Crippen molar-refractivity contribution in [1.29, 1.82) is 5.26 Å². The minimum Gasteiger partial charge on any atom is -0.365 e. The van der Waals surface area contributed by atoms with Gasteiger partial charge in [-0.15, -0.1) is 0 Å². The number of thiocarbonyl (C=S) groups is 1. The first-order valence-electron chi connectivity index (χ1n) is 1.68. The summed E-state index contributed by atoms with van der Waals surface area (Å²) in [5.41, 5.74) is 0. The van der Waals surface area contributed by atoms with E-state index in [1.54, 1.807) is 13.2 Å². The number of nitriles is 1. The molecular weight excluding hydrogens is 133 g/mol. The van der Waals surface area contributed by atoms with Crippen LogP contribution < -0.4 is 10.6 Å². The topological polar surface area (TPSA) is 47.8 Å². The molecule has 0 atom stereocenters. The van der Waals surface area contributed by atoms with Crippen molar-refractivity contribution in [3.8, 4) is 6.19 Å². The van der Waals surface area contributed by atoms with Crippen LogP contribution in [0.3, 0.4) is 0 Å². The van der Waals surface area contributed by atoms with Gasteiger partial charge in [-0.1, -0.05) is 0 Å². The Hall–Kier alpha value is 0.180. The second-order valence-electron chi connectivity index (χ2n) is 0.816. The Bertz CT molecular complexity index is 108. The average molecular weight is 138 g/mol. The minimum absolute atomic E-state index is 0. The summed E-state index contributed by atoms with van der Waals surface area (Å²) in [4.78, 5) is 0. The second kappa shape index (κ2) is 7.18. The molecule has 0 aromatic rings. The van der Waals surface area contributed by atoms with Gasteiger partial charge in [-0.3, -0.25) is 5.32 Å². The van der Waals surface area contributed by atoms with Gasteiger partial charge in [0, 0.05) is 36.6 Å². The SMILES string of the molecule is CNC(=S)NC#N.[Na]. The molecule has 39 valence electrons. The molecule has 2 N–H and O–H groups in total. The molecule has 0 unspecified atom stereocenters. The van der Waals surface area contributed by atoms with E-state index in [9.17, 15) is 0 Å². The zero-order valence-electron chi connectivity index (χ0n) is 4.86. The molecule has 0 aromatic carbocycles. The molecule has 0 rings (SSSR count). The Morgan fingerprint density at radius 2 is 2.25 bits per heavy atom. The van der Waals surface area contributed by atoms with Gasteiger partial charge in [0.15, 0.2) is 11.3 Å². The molecular formula is C3H5N3NaS. The zero-order valence-corrected chi connectivity index (χ0v) is 7.67. The Labute approximate surface area is 75.7 Å². The van der Waals surface area contributed by atoms with Gasteiger partial charge in [-0.2, -0.15) is 5.26 Å². The van der Waals surface area contributed by atoms with Gasteiger partial charge in [0.1, 0.15) is 0 Å².